The Hall–Kier alpha value is -2.03. The average molecular weight is 401 g/mol. The van der Waals surface area contributed by atoms with E-state index in [2.05, 4.69) is 21.7 Å². The molecule has 3 aromatic heterocycles. The third-order valence-electron chi connectivity index (χ3n) is 5.73. The number of hydrogen-bond donors (Lipinski definition) is 0. The molecular formula is C19H20N4O2S2. The summed E-state index contributed by atoms with van der Waals surface area (Å²) in [5, 5.41) is 11.0. The minimum Gasteiger partial charge on any atom is -0.298 e. The van der Waals surface area contributed by atoms with Crippen LogP contribution in [-0.4, -0.2) is 32.3 Å². The molecule has 0 unspecified atom stereocenters. The predicted octanol–water partition coefficient (Wildman–Crippen LogP) is 2.12. The van der Waals surface area contributed by atoms with E-state index in [9.17, 15) is 9.59 Å². The molecule has 5 rings (SSSR count). The highest BCUT2D eigenvalue weighted by Crippen LogP contribution is 2.40. The molecule has 0 saturated carbocycles. The quantitative estimate of drug-likeness (QED) is 0.630. The number of hydrogen-bond acceptors (Lipinski definition) is 6. The van der Waals surface area contributed by atoms with E-state index < -0.39 is 11.1 Å². The van der Waals surface area contributed by atoms with Crippen molar-refractivity contribution in [2.75, 3.05) is 13.1 Å². The first-order valence-corrected chi connectivity index (χ1v) is 11.0. The van der Waals surface area contributed by atoms with E-state index in [-0.39, 0.29) is 5.41 Å². The second-order valence-electron chi connectivity index (χ2n) is 7.45. The van der Waals surface area contributed by atoms with Crippen LogP contribution in [-0.2, 0) is 25.0 Å². The SMILES string of the molecule is O=c1c(=O)n2c(nn1Cc1cccs1)[C@]1(CCN(Cc3ccsc3)C1)CC2. The Kier molecular flexibility index (Phi) is 4.14. The van der Waals surface area contributed by atoms with Crippen LogP contribution >= 0.6 is 22.7 Å². The first-order valence-electron chi connectivity index (χ1n) is 9.13. The molecule has 6 nitrogen and oxygen atoms in total. The fourth-order valence-corrected chi connectivity index (χ4v) is 5.70. The van der Waals surface area contributed by atoms with Crippen LogP contribution in [0.3, 0.4) is 0 Å². The molecule has 0 bridgehead atoms. The zero-order valence-electron chi connectivity index (χ0n) is 14.8. The number of likely N-dealkylation sites (tertiary alicyclic amines) is 1. The van der Waals surface area contributed by atoms with Crippen LogP contribution < -0.4 is 11.1 Å². The molecule has 27 heavy (non-hydrogen) atoms. The van der Waals surface area contributed by atoms with Gasteiger partial charge in [0.2, 0.25) is 0 Å². The van der Waals surface area contributed by atoms with Gasteiger partial charge in [0.1, 0.15) is 5.82 Å². The number of rotatable bonds is 4. The van der Waals surface area contributed by atoms with E-state index in [1.807, 2.05) is 17.5 Å². The zero-order valence-corrected chi connectivity index (χ0v) is 16.5. The van der Waals surface area contributed by atoms with Gasteiger partial charge in [-0.05, 0) is 53.2 Å². The largest absolute Gasteiger partial charge is 0.332 e. The fraction of sp³-hybridized carbons (Fsp3) is 0.421. The van der Waals surface area contributed by atoms with Crippen LogP contribution in [0.1, 0.15) is 29.1 Å². The molecule has 0 N–H and O–H groups in total. The Labute approximate surface area is 164 Å². The van der Waals surface area contributed by atoms with Crippen LogP contribution in [0.5, 0.6) is 0 Å². The van der Waals surface area contributed by atoms with Gasteiger partial charge in [-0.3, -0.25) is 19.1 Å². The van der Waals surface area contributed by atoms with E-state index in [1.165, 1.54) is 10.2 Å². The third-order valence-corrected chi connectivity index (χ3v) is 7.32. The summed E-state index contributed by atoms with van der Waals surface area (Å²) in [7, 11) is 0. The molecule has 8 heteroatoms. The summed E-state index contributed by atoms with van der Waals surface area (Å²) in [6, 6.07) is 6.09. The fourth-order valence-electron chi connectivity index (χ4n) is 4.35. The lowest BCUT2D eigenvalue weighted by Gasteiger charge is -2.23. The van der Waals surface area contributed by atoms with E-state index in [0.29, 0.717) is 13.1 Å². The molecule has 1 saturated heterocycles. The highest BCUT2D eigenvalue weighted by molar-refractivity contribution is 7.09. The number of thiophene rings is 2. The van der Waals surface area contributed by atoms with Crippen molar-refractivity contribution in [1.29, 1.82) is 0 Å². The maximum Gasteiger partial charge on any atom is 0.332 e. The van der Waals surface area contributed by atoms with Gasteiger partial charge in [-0.15, -0.1) is 11.3 Å². The van der Waals surface area contributed by atoms with Gasteiger partial charge in [0.25, 0.3) is 0 Å². The summed E-state index contributed by atoms with van der Waals surface area (Å²) in [6.07, 6.45) is 1.87. The molecule has 5 heterocycles. The Morgan fingerprint density at radius 3 is 2.74 bits per heavy atom. The highest BCUT2D eigenvalue weighted by atomic mass is 32.1. The third kappa shape index (κ3) is 2.92. The lowest BCUT2D eigenvalue weighted by atomic mass is 9.85. The maximum atomic E-state index is 12.7. The van der Waals surface area contributed by atoms with E-state index in [4.69, 9.17) is 5.10 Å². The standard InChI is InChI=1S/C19H20N4O2S2/c24-16-17(25)23(11-15-2-1-8-27-15)20-18-19(5-7-22(16)18)4-6-21(13-19)10-14-3-9-26-12-14/h1-3,8-9,12H,4-7,10-11,13H2/t19-/m1/s1. The van der Waals surface area contributed by atoms with Crippen LogP contribution in [0.4, 0.5) is 0 Å². The second kappa shape index (κ2) is 6.54. The monoisotopic (exact) mass is 400 g/mol. The Balaban J connectivity index is 1.48. The summed E-state index contributed by atoms with van der Waals surface area (Å²) in [4.78, 5) is 28.6. The van der Waals surface area contributed by atoms with Gasteiger partial charge < -0.3 is 0 Å². The maximum absolute atomic E-state index is 12.7. The number of aromatic nitrogens is 3. The van der Waals surface area contributed by atoms with E-state index >= 15 is 0 Å². The number of fused-ring (bicyclic) bond motifs is 2. The van der Waals surface area contributed by atoms with Gasteiger partial charge in [0.15, 0.2) is 0 Å². The molecule has 0 radical (unpaired) electrons. The van der Waals surface area contributed by atoms with Crippen LogP contribution in [0, 0.1) is 0 Å². The normalized spacial score (nSPS) is 21.9. The zero-order chi connectivity index (χ0) is 18.4. The van der Waals surface area contributed by atoms with Crippen molar-refractivity contribution < 1.29 is 0 Å². The second-order valence-corrected chi connectivity index (χ2v) is 9.26. The average Bonchev–Trinajstić information content (AvgIpc) is 3.44. The van der Waals surface area contributed by atoms with E-state index in [1.54, 1.807) is 27.2 Å². The van der Waals surface area contributed by atoms with Gasteiger partial charge >= 0.3 is 11.1 Å². The topological polar surface area (TPSA) is 60.1 Å². The summed E-state index contributed by atoms with van der Waals surface area (Å²) < 4.78 is 3.00. The minimum absolute atomic E-state index is 0.111. The number of nitrogens with zero attached hydrogens (tertiary/aromatic N) is 4. The first-order chi connectivity index (χ1) is 13.1. The smallest absolute Gasteiger partial charge is 0.298 e. The molecule has 0 amide bonds. The van der Waals surface area contributed by atoms with Crippen LogP contribution in [0.15, 0.2) is 43.9 Å². The molecule has 0 aromatic carbocycles. The van der Waals surface area contributed by atoms with Crippen molar-refractivity contribution in [3.63, 3.8) is 0 Å². The molecule has 2 aliphatic rings. The summed E-state index contributed by atoms with van der Waals surface area (Å²) in [5.41, 5.74) is 0.283. The van der Waals surface area contributed by atoms with Crippen molar-refractivity contribution in [3.05, 3.63) is 71.3 Å². The van der Waals surface area contributed by atoms with Gasteiger partial charge in [0, 0.05) is 29.9 Å². The van der Waals surface area contributed by atoms with Crippen LogP contribution in [0.2, 0.25) is 0 Å². The van der Waals surface area contributed by atoms with Crippen LogP contribution in [0.25, 0.3) is 0 Å². The molecule has 1 spiro atoms. The van der Waals surface area contributed by atoms with Crippen molar-refractivity contribution in [2.24, 2.45) is 0 Å². The van der Waals surface area contributed by atoms with Crippen molar-refractivity contribution in [2.45, 2.75) is 37.9 Å². The van der Waals surface area contributed by atoms with Crippen molar-refractivity contribution in [1.82, 2.24) is 19.2 Å². The lowest BCUT2D eigenvalue weighted by Crippen LogP contribution is -2.45. The Bertz CT molecular complexity index is 1070. The van der Waals surface area contributed by atoms with Crippen molar-refractivity contribution >= 4 is 22.7 Å². The van der Waals surface area contributed by atoms with Gasteiger partial charge in [-0.25, -0.2) is 4.68 Å². The lowest BCUT2D eigenvalue weighted by molar-refractivity contribution is 0.298. The Morgan fingerprint density at radius 2 is 1.96 bits per heavy atom. The van der Waals surface area contributed by atoms with Crippen molar-refractivity contribution in [3.8, 4) is 0 Å². The van der Waals surface area contributed by atoms with E-state index in [0.717, 1.165) is 43.2 Å². The summed E-state index contributed by atoms with van der Waals surface area (Å²) in [5.74, 6) is 0.802. The molecule has 0 aliphatic carbocycles. The molecule has 1 fully saturated rings. The summed E-state index contributed by atoms with van der Waals surface area (Å²) >= 11 is 3.30. The Morgan fingerprint density at radius 1 is 1.07 bits per heavy atom. The minimum atomic E-state index is -0.516. The molecule has 2 aliphatic heterocycles. The highest BCUT2D eigenvalue weighted by Gasteiger charge is 2.47. The van der Waals surface area contributed by atoms with Gasteiger partial charge in [-0.2, -0.15) is 16.4 Å². The first kappa shape index (κ1) is 17.1. The molecule has 3 aromatic rings. The van der Waals surface area contributed by atoms with Gasteiger partial charge in [-0.1, -0.05) is 6.07 Å². The molecule has 140 valence electrons. The van der Waals surface area contributed by atoms with Gasteiger partial charge in [0.05, 0.1) is 6.54 Å². The molecule has 1 atom stereocenters. The predicted molar refractivity (Wildman–Crippen MR) is 107 cm³/mol. The molecular weight excluding hydrogens is 380 g/mol. The summed E-state index contributed by atoms with van der Waals surface area (Å²) in [6.45, 7) is 3.80.